The van der Waals surface area contributed by atoms with E-state index in [1.54, 1.807) is 12.1 Å². The average molecular weight is 808 g/mol. The van der Waals surface area contributed by atoms with Crippen molar-refractivity contribution >= 4 is 27.6 Å². The number of carbonyl (C=O) groups is 3. The molecule has 57 heavy (non-hydrogen) atoms. The third-order valence-electron chi connectivity index (χ3n) is 18.2. The van der Waals surface area contributed by atoms with Crippen molar-refractivity contribution in [1.29, 1.82) is 0 Å². The molecule has 9 nitrogen and oxygen atoms in total. The molecule has 6 aliphatic carbocycles. The highest BCUT2D eigenvalue weighted by atomic mass is 32.2. The number of hydrogen-bond acceptors (Lipinski definition) is 8. The van der Waals surface area contributed by atoms with Crippen molar-refractivity contribution in [2.45, 2.75) is 150 Å². The third kappa shape index (κ3) is 6.33. The quantitative estimate of drug-likeness (QED) is 0.199. The minimum absolute atomic E-state index is 0.0246. The van der Waals surface area contributed by atoms with E-state index in [1.807, 2.05) is 26.0 Å². The van der Waals surface area contributed by atoms with Gasteiger partial charge in [-0.1, -0.05) is 80.0 Å². The van der Waals surface area contributed by atoms with Gasteiger partial charge in [-0.2, -0.15) is 0 Å². The van der Waals surface area contributed by atoms with Crippen LogP contribution in [0.3, 0.4) is 0 Å². The summed E-state index contributed by atoms with van der Waals surface area (Å²) in [6, 6.07) is 6.86. The highest BCUT2D eigenvalue weighted by Gasteiger charge is 2.71. The van der Waals surface area contributed by atoms with Gasteiger partial charge in [0.1, 0.15) is 6.10 Å². The first kappa shape index (κ1) is 42.6. The van der Waals surface area contributed by atoms with Crippen molar-refractivity contribution in [1.82, 2.24) is 5.32 Å². The van der Waals surface area contributed by atoms with Gasteiger partial charge in [0.05, 0.1) is 22.8 Å². The van der Waals surface area contributed by atoms with Crippen LogP contribution in [0.5, 0.6) is 0 Å². The number of carbonyl (C=O) groups excluding carboxylic acids is 2. The Bertz CT molecular complexity index is 1950. The molecule has 5 fully saturated rings. The fourth-order valence-electron chi connectivity index (χ4n) is 14.6. The van der Waals surface area contributed by atoms with E-state index in [9.17, 15) is 33.0 Å². The maximum Gasteiger partial charge on any atom is 0.309 e. The van der Waals surface area contributed by atoms with Crippen molar-refractivity contribution in [3.63, 3.8) is 0 Å². The molecular formula is C47H69NO8S. The number of carboxylic acids is 1. The number of benzene rings is 1. The molecule has 3 N–H and O–H groups in total. The van der Waals surface area contributed by atoms with Gasteiger partial charge >= 0.3 is 11.9 Å². The Kier molecular flexibility index (Phi) is 10.5. The van der Waals surface area contributed by atoms with E-state index < -0.39 is 44.6 Å². The Morgan fingerprint density at radius 2 is 1.53 bits per heavy atom. The van der Waals surface area contributed by atoms with Crippen LogP contribution in [0.2, 0.25) is 0 Å². The Morgan fingerprint density at radius 1 is 0.860 bits per heavy atom. The van der Waals surface area contributed by atoms with Gasteiger partial charge in [-0.15, -0.1) is 0 Å². The molecule has 0 heterocycles. The zero-order valence-corrected chi connectivity index (χ0v) is 37.0. The van der Waals surface area contributed by atoms with Crippen LogP contribution >= 0.6 is 0 Å². The van der Waals surface area contributed by atoms with Gasteiger partial charge in [-0.05, 0) is 126 Å². The second-order valence-electron chi connectivity index (χ2n) is 21.7. The summed E-state index contributed by atoms with van der Waals surface area (Å²) in [7, 11) is -3.28. The zero-order chi connectivity index (χ0) is 41.9. The van der Waals surface area contributed by atoms with Gasteiger partial charge in [-0.3, -0.25) is 14.4 Å². The first-order chi connectivity index (χ1) is 26.4. The number of fused-ring (bicyclic) bond motifs is 7. The fraction of sp³-hybridized carbons (Fsp3) is 0.766. The highest BCUT2D eigenvalue weighted by molar-refractivity contribution is 7.90. The summed E-state index contributed by atoms with van der Waals surface area (Å²) in [5.41, 5.74) is 1.71. The van der Waals surface area contributed by atoms with Gasteiger partial charge in [0.25, 0.3) is 0 Å². The largest absolute Gasteiger partial charge is 0.481 e. The Morgan fingerprint density at radius 3 is 2.12 bits per heavy atom. The molecule has 1 unspecified atom stereocenters. The van der Waals surface area contributed by atoms with Crippen LogP contribution in [0.15, 0.2) is 40.3 Å². The first-order valence-electron chi connectivity index (χ1n) is 21.7. The smallest absolute Gasteiger partial charge is 0.309 e. The Balaban J connectivity index is 1.11. The standard InChI is InChI=1S/C47H69NO8S/c1-27(2)38-33(49)24-47(36(50)26-48-25-28-11-13-29(14-12-28)57(10,54)55)22-21-45(8)30(39(38)47)15-16-35-44(7)19-18-37(43(5,6)34(44)17-20-46(35,45)9)56-41(53)32-23-31(40(51)52)42(32,3)4/h11-14,27,30-32,34-37,48,50H,15-26H2,1-10H3,(H,51,52)/t30?,31-,32+,34-,35+,36-,37-,44-,45+,46+,47-/m0/s1. The zero-order valence-electron chi connectivity index (χ0n) is 36.2. The molecule has 11 atom stereocenters. The predicted octanol–water partition coefficient (Wildman–Crippen LogP) is 8.18. The molecule has 7 rings (SSSR count). The average Bonchev–Trinajstić information content (AvgIpc) is 3.42. The number of aliphatic carboxylic acids is 1. The number of allylic oxidation sites excluding steroid dienone is 1. The van der Waals surface area contributed by atoms with Crippen LogP contribution < -0.4 is 5.32 Å². The topological polar surface area (TPSA) is 147 Å². The molecule has 0 spiro atoms. The van der Waals surface area contributed by atoms with Crippen molar-refractivity contribution in [2.75, 3.05) is 12.8 Å². The third-order valence-corrected chi connectivity index (χ3v) is 19.3. The van der Waals surface area contributed by atoms with E-state index in [1.165, 1.54) is 11.8 Å². The van der Waals surface area contributed by atoms with Crippen LogP contribution in [-0.4, -0.2) is 61.4 Å². The normalized spacial score (nSPS) is 40.0. The molecular weight excluding hydrogens is 739 g/mol. The van der Waals surface area contributed by atoms with Gasteiger partial charge < -0.3 is 20.3 Å². The van der Waals surface area contributed by atoms with Crippen LogP contribution in [-0.2, 0) is 35.5 Å². The number of nitrogens with one attached hydrogen (secondary N) is 1. The monoisotopic (exact) mass is 807 g/mol. The lowest BCUT2D eigenvalue weighted by Crippen LogP contribution is -2.66. The lowest BCUT2D eigenvalue weighted by molar-refractivity contribution is -0.238. The summed E-state index contributed by atoms with van der Waals surface area (Å²) in [5, 5.41) is 25.3. The van der Waals surface area contributed by atoms with Crippen LogP contribution in [0.1, 0.15) is 132 Å². The molecule has 0 amide bonds. The summed E-state index contributed by atoms with van der Waals surface area (Å²) in [6.07, 6.45) is 8.64. The van der Waals surface area contributed by atoms with E-state index in [2.05, 4.69) is 53.8 Å². The second-order valence-corrected chi connectivity index (χ2v) is 23.7. The number of sulfone groups is 1. The molecule has 6 aliphatic rings. The van der Waals surface area contributed by atoms with E-state index in [0.29, 0.717) is 37.8 Å². The number of aliphatic hydroxyl groups is 1. The summed E-state index contributed by atoms with van der Waals surface area (Å²) >= 11 is 0. The molecule has 0 aromatic heterocycles. The van der Waals surface area contributed by atoms with Gasteiger partial charge in [0, 0.05) is 36.6 Å². The fourth-order valence-corrected chi connectivity index (χ4v) is 15.3. The minimum atomic E-state index is -3.28. The SMILES string of the molecule is CC(C)C1=C2C3CC[C@@H]4[C@@]5(C)CC[C@H](OC(=O)[C@H]6C[C@@H](C(=O)O)C6(C)C)C(C)(C)[C@@H]5CC[C@@]4(C)[C@]3(C)CC[C@@]2([C@@H](O)CNCc2ccc(S(C)(=O)=O)cc2)CC1=O. The second kappa shape index (κ2) is 14.0. The molecule has 0 bridgehead atoms. The molecule has 1 aromatic carbocycles. The van der Waals surface area contributed by atoms with Crippen LogP contribution in [0.25, 0.3) is 0 Å². The maximum absolute atomic E-state index is 14.1. The minimum Gasteiger partial charge on any atom is -0.481 e. The van der Waals surface area contributed by atoms with Crippen molar-refractivity contribution in [3.05, 3.63) is 41.0 Å². The highest BCUT2D eigenvalue weighted by Crippen LogP contribution is 2.77. The summed E-state index contributed by atoms with van der Waals surface area (Å²) < 4.78 is 30.3. The van der Waals surface area contributed by atoms with Crippen molar-refractivity contribution < 1.29 is 37.8 Å². The number of carboxylic acid groups (broad SMARTS) is 1. The number of aliphatic hydroxyl groups excluding tert-OH is 1. The van der Waals surface area contributed by atoms with Crippen LogP contribution in [0.4, 0.5) is 0 Å². The van der Waals surface area contributed by atoms with E-state index in [-0.39, 0.29) is 56.2 Å². The molecule has 0 aliphatic heterocycles. The van der Waals surface area contributed by atoms with Gasteiger partial charge in [0.2, 0.25) is 0 Å². The lowest BCUT2D eigenvalue weighted by atomic mass is 9.33. The van der Waals surface area contributed by atoms with E-state index in [0.717, 1.165) is 62.5 Å². The Labute approximate surface area is 341 Å². The number of esters is 1. The summed E-state index contributed by atoms with van der Waals surface area (Å²) in [4.78, 5) is 39.8. The molecule has 10 heteroatoms. The molecule has 0 saturated heterocycles. The van der Waals surface area contributed by atoms with Gasteiger partial charge in [0.15, 0.2) is 15.6 Å². The Hall–Kier alpha value is -2.56. The molecule has 5 saturated carbocycles. The summed E-state index contributed by atoms with van der Waals surface area (Å²) in [5.74, 6) is -0.681. The number of ether oxygens (including phenoxy) is 1. The number of Topliss-reactive ketones (excluding diaryl/α,β-unsaturated/α-hetero) is 1. The number of ketones is 1. The van der Waals surface area contributed by atoms with E-state index in [4.69, 9.17) is 4.74 Å². The predicted molar refractivity (Wildman–Crippen MR) is 220 cm³/mol. The maximum atomic E-state index is 14.1. The summed E-state index contributed by atoms with van der Waals surface area (Å²) in [6.45, 7) is 21.0. The lowest BCUT2D eigenvalue weighted by Gasteiger charge is -2.72. The van der Waals surface area contributed by atoms with Gasteiger partial charge in [-0.25, -0.2) is 8.42 Å². The van der Waals surface area contributed by atoms with Crippen molar-refractivity contribution in [2.24, 2.45) is 68.0 Å². The van der Waals surface area contributed by atoms with E-state index >= 15 is 0 Å². The number of hydrogen-bond donors (Lipinski definition) is 3. The molecule has 316 valence electrons. The molecule has 0 radical (unpaired) electrons. The first-order valence-corrected chi connectivity index (χ1v) is 23.6. The molecule has 1 aromatic rings. The van der Waals surface area contributed by atoms with Crippen LogP contribution in [0, 0.1) is 68.0 Å². The van der Waals surface area contributed by atoms with Crippen molar-refractivity contribution in [3.8, 4) is 0 Å². The number of rotatable bonds is 10.